The summed E-state index contributed by atoms with van der Waals surface area (Å²) in [5, 5.41) is 2.34. The van der Waals surface area contributed by atoms with Gasteiger partial charge in [0.1, 0.15) is 0 Å². The molecule has 0 unspecified atom stereocenters. The zero-order valence-electron chi connectivity index (χ0n) is 34.9. The van der Waals surface area contributed by atoms with E-state index in [1.165, 1.54) is 27.5 Å². The summed E-state index contributed by atoms with van der Waals surface area (Å²) in [7, 11) is 0. The Morgan fingerprint density at radius 2 is 0.746 bits per heavy atom. The average molecular weight is 808 g/mol. The molecule has 298 valence electrons. The molecule has 3 heterocycles. The van der Waals surface area contributed by atoms with Crippen LogP contribution in [0.3, 0.4) is 0 Å². The minimum Gasteiger partial charge on any atom is -0.308 e. The molecule has 0 radical (unpaired) electrons. The van der Waals surface area contributed by atoms with Gasteiger partial charge in [-0.2, -0.15) is 0 Å². The Morgan fingerprint density at radius 1 is 0.302 bits per heavy atom. The summed E-state index contributed by atoms with van der Waals surface area (Å²) in [6.45, 7) is 4.32. The predicted octanol–water partition coefficient (Wildman–Crippen LogP) is 14.6. The molecule has 0 fully saturated rings. The van der Waals surface area contributed by atoms with E-state index in [1.54, 1.807) is 0 Å². The molecule has 0 N–H and O–H groups in total. The van der Waals surface area contributed by atoms with Crippen molar-refractivity contribution in [3.05, 3.63) is 223 Å². The highest BCUT2D eigenvalue weighted by molar-refractivity contribution is 6.10. The normalized spacial score (nSPS) is 11.3. The summed E-state index contributed by atoms with van der Waals surface area (Å²) >= 11 is 0. The highest BCUT2D eigenvalue weighted by Crippen LogP contribution is 2.40. The molecule has 63 heavy (non-hydrogen) atoms. The smallest absolute Gasteiger partial charge is 0.162 e. The highest BCUT2D eigenvalue weighted by atomic mass is 15.0. The minimum atomic E-state index is 0.603. The molecule has 5 heteroatoms. The summed E-state index contributed by atoms with van der Waals surface area (Å²) in [6.07, 6.45) is 0. The monoisotopic (exact) mass is 807 g/mol. The van der Waals surface area contributed by atoms with Crippen LogP contribution in [0.25, 0.3) is 106 Å². The first-order valence-electron chi connectivity index (χ1n) is 21.3. The Hall–Kier alpha value is -8.28. The Labute approximate surface area is 366 Å². The lowest BCUT2D eigenvalue weighted by Gasteiger charge is -2.17. The maximum absolute atomic E-state index is 5.41. The van der Waals surface area contributed by atoms with Crippen molar-refractivity contribution in [3.8, 4) is 84.6 Å². The number of aromatic nitrogens is 5. The predicted molar refractivity (Wildman–Crippen MR) is 259 cm³/mol. The van der Waals surface area contributed by atoms with Gasteiger partial charge < -0.3 is 4.57 Å². The largest absolute Gasteiger partial charge is 0.308 e. The molecule has 0 aliphatic heterocycles. The van der Waals surface area contributed by atoms with Crippen LogP contribution in [0.15, 0.2) is 212 Å². The van der Waals surface area contributed by atoms with Gasteiger partial charge in [-0.25, -0.2) is 19.9 Å². The molecule has 0 saturated carbocycles. The third-order valence-corrected chi connectivity index (χ3v) is 11.7. The lowest BCUT2D eigenvalue weighted by atomic mass is 9.99. The first-order chi connectivity index (χ1) is 31.0. The van der Waals surface area contributed by atoms with Gasteiger partial charge in [-0.3, -0.25) is 0 Å². The summed E-state index contributed by atoms with van der Waals surface area (Å²) < 4.78 is 2.38. The summed E-state index contributed by atoms with van der Waals surface area (Å²) in [4.78, 5) is 21.3. The van der Waals surface area contributed by atoms with E-state index in [9.17, 15) is 0 Å². The molecule has 11 rings (SSSR count). The summed E-state index contributed by atoms with van der Waals surface area (Å²) in [5.74, 6) is 1.22. The second-order valence-corrected chi connectivity index (χ2v) is 16.1. The van der Waals surface area contributed by atoms with E-state index < -0.39 is 0 Å². The summed E-state index contributed by atoms with van der Waals surface area (Å²) in [6, 6.07) is 74.3. The van der Waals surface area contributed by atoms with Crippen LogP contribution in [0.5, 0.6) is 0 Å². The maximum atomic E-state index is 5.41. The SMILES string of the molecule is Cc1cc(C)cc(-c2ccc3c4ccccc4n(-c4ccc(-c5nc(-c6ccccc6)cc(-c6ccccc6)n5)cc4-c4nc(-c5ccccc5)cc(-c5ccccc5)n4)c3c2)c1. The molecule has 0 atom stereocenters. The molecule has 11 aromatic rings. The molecule has 5 nitrogen and oxygen atoms in total. The minimum absolute atomic E-state index is 0.603. The fraction of sp³-hybridized carbons (Fsp3) is 0.0345. The lowest BCUT2D eigenvalue weighted by molar-refractivity contribution is 1.13. The fourth-order valence-corrected chi connectivity index (χ4v) is 8.77. The zero-order chi connectivity index (χ0) is 42.3. The molecule has 0 bridgehead atoms. The van der Waals surface area contributed by atoms with Crippen LogP contribution in [-0.2, 0) is 0 Å². The van der Waals surface area contributed by atoms with Gasteiger partial charge in [0.2, 0.25) is 0 Å². The number of aryl methyl sites for hydroxylation is 2. The number of hydrogen-bond acceptors (Lipinski definition) is 4. The average Bonchev–Trinajstić information content (AvgIpc) is 3.68. The second kappa shape index (κ2) is 16.0. The van der Waals surface area contributed by atoms with Gasteiger partial charge in [0.15, 0.2) is 11.6 Å². The van der Waals surface area contributed by atoms with Crippen molar-refractivity contribution in [2.45, 2.75) is 13.8 Å². The van der Waals surface area contributed by atoms with Crippen LogP contribution >= 0.6 is 0 Å². The molecular weight excluding hydrogens is 767 g/mol. The van der Waals surface area contributed by atoms with Gasteiger partial charge in [0, 0.05) is 44.2 Å². The lowest BCUT2D eigenvalue weighted by Crippen LogP contribution is -2.03. The molecule has 0 amide bonds. The number of hydrogen-bond donors (Lipinski definition) is 0. The standard InChI is InChI=1S/C58H41N5/c1-38-31-39(2)33-46(32-38)44-27-29-48-47-25-15-16-26-54(47)63(56(48)35-44)55-30-28-45(57-59-50(40-17-7-3-8-18-40)36-51(60-57)41-19-9-4-10-20-41)34-49(55)58-61-52(42-21-11-5-12-22-42)37-53(62-58)43-23-13-6-14-24-43/h3-37H,1-2H3. The molecule has 3 aromatic heterocycles. The maximum Gasteiger partial charge on any atom is 0.162 e. The Morgan fingerprint density at radius 3 is 1.27 bits per heavy atom. The van der Waals surface area contributed by atoms with Crippen molar-refractivity contribution in [1.82, 2.24) is 24.5 Å². The van der Waals surface area contributed by atoms with Crippen molar-refractivity contribution in [2.75, 3.05) is 0 Å². The van der Waals surface area contributed by atoms with E-state index >= 15 is 0 Å². The summed E-state index contributed by atoms with van der Waals surface area (Å²) in [5.41, 5.74) is 17.1. The van der Waals surface area contributed by atoms with Crippen molar-refractivity contribution >= 4 is 21.8 Å². The second-order valence-electron chi connectivity index (χ2n) is 16.1. The quantitative estimate of drug-likeness (QED) is 0.153. The molecule has 0 aliphatic carbocycles. The van der Waals surface area contributed by atoms with Crippen molar-refractivity contribution < 1.29 is 0 Å². The van der Waals surface area contributed by atoms with Crippen LogP contribution in [0.2, 0.25) is 0 Å². The van der Waals surface area contributed by atoms with E-state index in [0.717, 1.165) is 78.4 Å². The fourth-order valence-electron chi connectivity index (χ4n) is 8.77. The van der Waals surface area contributed by atoms with Crippen LogP contribution in [0, 0.1) is 13.8 Å². The number of nitrogens with zero attached hydrogens (tertiary/aromatic N) is 5. The highest BCUT2D eigenvalue weighted by Gasteiger charge is 2.22. The van der Waals surface area contributed by atoms with Gasteiger partial charge in [0.05, 0.1) is 39.5 Å². The van der Waals surface area contributed by atoms with Crippen molar-refractivity contribution in [3.63, 3.8) is 0 Å². The zero-order valence-corrected chi connectivity index (χ0v) is 34.9. The first-order valence-corrected chi connectivity index (χ1v) is 21.3. The van der Waals surface area contributed by atoms with Gasteiger partial charge >= 0.3 is 0 Å². The van der Waals surface area contributed by atoms with Gasteiger partial charge in [0.25, 0.3) is 0 Å². The van der Waals surface area contributed by atoms with E-state index in [1.807, 2.05) is 48.5 Å². The van der Waals surface area contributed by atoms with Gasteiger partial charge in [-0.15, -0.1) is 0 Å². The van der Waals surface area contributed by atoms with Crippen LogP contribution in [-0.4, -0.2) is 24.5 Å². The van der Waals surface area contributed by atoms with Crippen LogP contribution in [0.4, 0.5) is 0 Å². The first kappa shape index (κ1) is 37.7. The molecule has 0 spiro atoms. The Kier molecular flexibility index (Phi) is 9.55. The van der Waals surface area contributed by atoms with Gasteiger partial charge in [-0.1, -0.05) is 181 Å². The number of rotatable bonds is 8. The topological polar surface area (TPSA) is 56.5 Å². The molecule has 0 saturated heterocycles. The Balaban J connectivity index is 1.21. The van der Waals surface area contributed by atoms with Crippen LogP contribution in [0.1, 0.15) is 11.1 Å². The third kappa shape index (κ3) is 7.26. The number of benzene rings is 8. The van der Waals surface area contributed by atoms with Gasteiger partial charge in [-0.05, 0) is 67.4 Å². The van der Waals surface area contributed by atoms with E-state index in [2.05, 4.69) is 182 Å². The van der Waals surface area contributed by atoms with E-state index in [-0.39, 0.29) is 0 Å². The Bertz CT molecular complexity index is 3320. The van der Waals surface area contributed by atoms with E-state index in [0.29, 0.717) is 11.6 Å². The van der Waals surface area contributed by atoms with Crippen molar-refractivity contribution in [2.24, 2.45) is 0 Å². The molecule has 8 aromatic carbocycles. The number of fused-ring (bicyclic) bond motifs is 3. The van der Waals surface area contributed by atoms with Crippen LogP contribution < -0.4 is 0 Å². The van der Waals surface area contributed by atoms with E-state index in [4.69, 9.17) is 19.9 Å². The van der Waals surface area contributed by atoms with Crippen molar-refractivity contribution in [1.29, 1.82) is 0 Å². The molecular formula is C58H41N5. The molecule has 0 aliphatic rings. The number of para-hydroxylation sites is 1. The third-order valence-electron chi connectivity index (χ3n) is 11.7.